The summed E-state index contributed by atoms with van der Waals surface area (Å²) in [7, 11) is 0. The average Bonchev–Trinajstić information content (AvgIpc) is 3.78. The van der Waals surface area contributed by atoms with E-state index in [4.69, 9.17) is 14.9 Å². The maximum absolute atomic E-state index is 14.9. The van der Waals surface area contributed by atoms with Crippen molar-refractivity contribution in [2.24, 2.45) is 0 Å². The molecule has 14 heteroatoms. The molecule has 0 spiro atoms. The van der Waals surface area contributed by atoms with Crippen molar-refractivity contribution in [2.75, 3.05) is 43.4 Å². The van der Waals surface area contributed by atoms with Crippen LogP contribution >= 0.6 is 0 Å². The molecule has 1 fully saturated rings. The first-order valence-electron chi connectivity index (χ1n) is 12.9. The van der Waals surface area contributed by atoms with Crippen molar-refractivity contribution in [3.05, 3.63) is 66.6 Å². The number of rotatable bonds is 8. The molecule has 204 valence electrons. The lowest BCUT2D eigenvalue weighted by atomic mass is 10.2. The molecule has 1 aromatic carbocycles. The number of H-pyrrole nitrogens is 1. The van der Waals surface area contributed by atoms with Gasteiger partial charge in [-0.2, -0.15) is 35.1 Å². The number of hydrogen-bond donors (Lipinski definition) is 2. The number of fused-ring (bicyclic) bond motifs is 3. The van der Waals surface area contributed by atoms with E-state index in [1.54, 1.807) is 35.3 Å². The van der Waals surface area contributed by atoms with E-state index in [0.29, 0.717) is 53.9 Å². The summed E-state index contributed by atoms with van der Waals surface area (Å²) in [6.45, 7) is 4.69. The van der Waals surface area contributed by atoms with Crippen LogP contribution in [0.1, 0.15) is 5.69 Å². The van der Waals surface area contributed by atoms with Crippen LogP contribution in [-0.2, 0) is 13.2 Å². The quantitative estimate of drug-likeness (QED) is 0.294. The van der Waals surface area contributed by atoms with Crippen LogP contribution in [-0.4, -0.2) is 77.4 Å². The zero-order chi connectivity index (χ0) is 27.1. The van der Waals surface area contributed by atoms with E-state index in [1.165, 1.54) is 6.07 Å². The molecule has 40 heavy (non-hydrogen) atoms. The second kappa shape index (κ2) is 9.96. The van der Waals surface area contributed by atoms with Gasteiger partial charge in [-0.3, -0.25) is 4.90 Å². The molecule has 7 rings (SSSR count). The van der Waals surface area contributed by atoms with Crippen LogP contribution in [0.5, 0.6) is 5.75 Å². The second-order valence-corrected chi connectivity index (χ2v) is 9.57. The van der Waals surface area contributed by atoms with Gasteiger partial charge in [0.25, 0.3) is 0 Å². The number of aromatic nitrogens is 8. The molecule has 0 unspecified atom stereocenters. The average molecular weight is 544 g/mol. The van der Waals surface area contributed by atoms with Crippen LogP contribution in [0.4, 0.5) is 16.0 Å². The number of anilines is 2. The second-order valence-electron chi connectivity index (χ2n) is 9.57. The minimum absolute atomic E-state index is 0.223. The van der Waals surface area contributed by atoms with Crippen molar-refractivity contribution in [3.63, 3.8) is 0 Å². The maximum Gasteiger partial charge on any atom is 0.223 e. The molecule has 6 aromatic rings. The molecule has 5 aromatic heterocycles. The predicted molar refractivity (Wildman–Crippen MR) is 144 cm³/mol. The Morgan fingerprint density at radius 3 is 2.75 bits per heavy atom. The predicted octanol–water partition coefficient (Wildman–Crippen LogP) is 2.58. The molecule has 0 bridgehead atoms. The van der Waals surface area contributed by atoms with Crippen molar-refractivity contribution in [3.8, 4) is 17.2 Å². The van der Waals surface area contributed by atoms with E-state index in [9.17, 15) is 4.39 Å². The summed E-state index contributed by atoms with van der Waals surface area (Å²) in [5.41, 5.74) is 9.69. The number of piperazine rings is 1. The number of aromatic amines is 1. The summed E-state index contributed by atoms with van der Waals surface area (Å²) in [6, 6.07) is 10.6. The molecule has 3 N–H and O–H groups in total. The van der Waals surface area contributed by atoms with Crippen LogP contribution < -0.4 is 15.4 Å². The highest BCUT2D eigenvalue weighted by atomic mass is 19.1. The first kappa shape index (κ1) is 24.1. The molecular formula is C26H26FN11O2. The van der Waals surface area contributed by atoms with Crippen LogP contribution in [0.2, 0.25) is 0 Å². The number of hydrogen-bond acceptors (Lipinski definition) is 10. The minimum atomic E-state index is -0.306. The van der Waals surface area contributed by atoms with E-state index in [2.05, 4.69) is 40.4 Å². The fraction of sp³-hybridized carbons (Fsp3) is 0.269. The van der Waals surface area contributed by atoms with E-state index in [0.717, 1.165) is 30.5 Å². The molecule has 0 radical (unpaired) electrons. The number of furan rings is 1. The molecule has 1 aliphatic heterocycles. The van der Waals surface area contributed by atoms with Gasteiger partial charge < -0.3 is 19.8 Å². The van der Waals surface area contributed by atoms with Crippen LogP contribution in [0, 0.1) is 5.82 Å². The lowest BCUT2D eigenvalue weighted by Gasteiger charge is -2.36. The Bertz CT molecular complexity index is 1750. The Kier molecular flexibility index (Phi) is 6.00. The Morgan fingerprint density at radius 2 is 1.98 bits per heavy atom. The van der Waals surface area contributed by atoms with Gasteiger partial charge in [0.05, 0.1) is 41.8 Å². The van der Waals surface area contributed by atoms with Crippen molar-refractivity contribution in [1.29, 1.82) is 0 Å². The highest BCUT2D eigenvalue weighted by Crippen LogP contribution is 2.27. The smallest absolute Gasteiger partial charge is 0.223 e. The van der Waals surface area contributed by atoms with Gasteiger partial charge in [0.2, 0.25) is 5.95 Å². The molecule has 1 saturated heterocycles. The third-order valence-electron chi connectivity index (χ3n) is 7.12. The monoisotopic (exact) mass is 543 g/mol. The van der Waals surface area contributed by atoms with Crippen molar-refractivity contribution >= 4 is 28.2 Å². The molecular weight excluding hydrogens is 517 g/mol. The number of nitrogens with one attached hydrogen (secondary N) is 1. The first-order chi connectivity index (χ1) is 19.6. The van der Waals surface area contributed by atoms with Gasteiger partial charge >= 0.3 is 0 Å². The van der Waals surface area contributed by atoms with Crippen molar-refractivity contribution < 1.29 is 13.5 Å². The fourth-order valence-corrected chi connectivity index (χ4v) is 5.02. The van der Waals surface area contributed by atoms with E-state index < -0.39 is 0 Å². The number of nitrogen functional groups attached to an aromatic ring is 1. The van der Waals surface area contributed by atoms with E-state index >= 15 is 0 Å². The topological polar surface area (TPSA) is 144 Å². The Labute approximate surface area is 226 Å². The first-order valence-corrected chi connectivity index (χ1v) is 12.9. The van der Waals surface area contributed by atoms with Crippen molar-refractivity contribution in [1.82, 2.24) is 44.7 Å². The van der Waals surface area contributed by atoms with Crippen LogP contribution in [0.15, 0.2) is 59.5 Å². The zero-order valence-electron chi connectivity index (χ0n) is 21.4. The summed E-state index contributed by atoms with van der Waals surface area (Å²) < 4.78 is 29.5. The highest BCUT2D eigenvalue weighted by molar-refractivity contribution is 5.93. The normalized spacial score (nSPS) is 14.5. The highest BCUT2D eigenvalue weighted by Gasteiger charge is 2.21. The molecule has 6 heterocycles. The lowest BCUT2D eigenvalue weighted by Crippen LogP contribution is -2.47. The number of nitrogens with two attached hydrogens (primary N) is 1. The number of nitrogens with zero attached hydrogens (tertiary/aromatic N) is 9. The van der Waals surface area contributed by atoms with Crippen molar-refractivity contribution in [2.45, 2.75) is 13.2 Å². The van der Waals surface area contributed by atoms with Gasteiger partial charge in [-0.15, -0.1) is 0 Å². The molecule has 1 aliphatic rings. The fourth-order valence-electron chi connectivity index (χ4n) is 5.02. The standard InChI is InChI=1S/C26H26FN11O2/c27-20-12-18(40-16-17-14-29-34-32-17)3-4-22(20)36-8-5-35(6-9-36)7-10-37-25-19(15-30-37)23-13-21(24-2-1-11-39-24)33-38(23)26(28)31-25/h1-4,11-15H,5-10,16H2,(H2,28,31)(H,29,32,34). The number of ether oxygens (including phenoxy) is 1. The molecule has 13 nitrogen and oxygen atoms in total. The van der Waals surface area contributed by atoms with Crippen LogP contribution in [0.3, 0.4) is 0 Å². The SMILES string of the molecule is Nc1nc2c(cnn2CCN2CCN(c3ccc(OCc4cn[nH]n4)cc3F)CC2)c2cc(-c3ccco3)nn12. The van der Waals surface area contributed by atoms with Gasteiger partial charge in [-0.25, -0.2) is 9.07 Å². The van der Waals surface area contributed by atoms with Gasteiger partial charge in [0.15, 0.2) is 11.4 Å². The Balaban J connectivity index is 0.984. The Hall–Kier alpha value is -4.98. The summed E-state index contributed by atoms with van der Waals surface area (Å²) >= 11 is 0. The third-order valence-corrected chi connectivity index (χ3v) is 7.12. The molecule has 0 aliphatic carbocycles. The molecule has 0 amide bonds. The van der Waals surface area contributed by atoms with Gasteiger partial charge in [-0.05, 0) is 30.3 Å². The summed E-state index contributed by atoms with van der Waals surface area (Å²) in [5, 5.41) is 20.2. The largest absolute Gasteiger partial charge is 0.487 e. The van der Waals surface area contributed by atoms with Gasteiger partial charge in [-0.1, -0.05) is 0 Å². The summed E-state index contributed by atoms with van der Waals surface area (Å²) in [4.78, 5) is 8.98. The Morgan fingerprint density at radius 1 is 1.07 bits per heavy atom. The third kappa shape index (κ3) is 4.47. The van der Waals surface area contributed by atoms with Crippen LogP contribution in [0.25, 0.3) is 28.0 Å². The molecule has 0 atom stereocenters. The number of benzene rings is 1. The summed E-state index contributed by atoms with van der Waals surface area (Å²) in [6.07, 6.45) is 4.98. The zero-order valence-corrected chi connectivity index (χ0v) is 21.4. The number of halogens is 1. The van der Waals surface area contributed by atoms with Gasteiger partial charge in [0.1, 0.15) is 29.6 Å². The molecule has 0 saturated carbocycles. The lowest BCUT2D eigenvalue weighted by molar-refractivity contribution is 0.245. The summed E-state index contributed by atoms with van der Waals surface area (Å²) in [5.74, 6) is 1.09. The minimum Gasteiger partial charge on any atom is -0.487 e. The maximum atomic E-state index is 14.9. The van der Waals surface area contributed by atoms with E-state index in [1.807, 2.05) is 22.9 Å². The van der Waals surface area contributed by atoms with Gasteiger partial charge in [0, 0.05) is 38.8 Å². The van der Waals surface area contributed by atoms with E-state index in [-0.39, 0.29) is 18.4 Å².